The van der Waals surface area contributed by atoms with Crippen molar-refractivity contribution < 1.29 is 4.79 Å². The van der Waals surface area contributed by atoms with Gasteiger partial charge in [0.05, 0.1) is 6.67 Å². The number of anilines is 1. The number of Topliss-reactive ketones (excluding diaryl/α,β-unsaturated/α-hetero) is 1. The highest BCUT2D eigenvalue weighted by atomic mass is 32.2. The zero-order valence-corrected chi connectivity index (χ0v) is 18.5. The third-order valence-corrected chi connectivity index (χ3v) is 7.34. The van der Waals surface area contributed by atoms with Crippen LogP contribution < -0.4 is 4.90 Å². The third-order valence-electron chi connectivity index (χ3n) is 4.47. The van der Waals surface area contributed by atoms with E-state index in [1.54, 1.807) is 30.0 Å². The molecule has 0 atom stereocenters. The van der Waals surface area contributed by atoms with Gasteiger partial charge in [0.2, 0.25) is 0 Å². The molecule has 1 aliphatic rings. The number of nitrogens with zero attached hydrogens (tertiary/aromatic N) is 4. The van der Waals surface area contributed by atoms with E-state index in [0.29, 0.717) is 5.92 Å². The zero-order valence-electron chi connectivity index (χ0n) is 16.1. The summed E-state index contributed by atoms with van der Waals surface area (Å²) in [5.41, 5.74) is 1.94. The van der Waals surface area contributed by atoms with Crippen molar-refractivity contribution in [2.45, 2.75) is 31.8 Å². The highest BCUT2D eigenvalue weighted by Gasteiger charge is 2.18. The van der Waals surface area contributed by atoms with Gasteiger partial charge in [-0.25, -0.2) is 4.68 Å². The minimum absolute atomic E-state index is 0.109. The number of aromatic nitrogens is 2. The number of piperazine rings is 1. The molecule has 0 unspecified atom stereocenters. The summed E-state index contributed by atoms with van der Waals surface area (Å²) < 4.78 is 3.88. The number of ketones is 1. The summed E-state index contributed by atoms with van der Waals surface area (Å²) in [7, 11) is 0. The summed E-state index contributed by atoms with van der Waals surface area (Å²) in [4.78, 5) is 16.2. The van der Waals surface area contributed by atoms with Crippen molar-refractivity contribution in [1.82, 2.24) is 14.7 Å². The van der Waals surface area contributed by atoms with Gasteiger partial charge >= 0.3 is 0 Å². The van der Waals surface area contributed by atoms with Crippen LogP contribution in [0.15, 0.2) is 28.6 Å². The average Bonchev–Trinajstić information content (AvgIpc) is 3.00. The van der Waals surface area contributed by atoms with Gasteiger partial charge in [-0.05, 0) is 49.3 Å². The number of benzene rings is 1. The van der Waals surface area contributed by atoms with E-state index >= 15 is 0 Å². The monoisotopic (exact) mass is 422 g/mol. The van der Waals surface area contributed by atoms with Crippen LogP contribution in [0, 0.1) is 9.87 Å². The van der Waals surface area contributed by atoms with E-state index in [0.717, 1.165) is 52.5 Å². The van der Waals surface area contributed by atoms with Crippen molar-refractivity contribution >= 4 is 46.8 Å². The Bertz CT molecular complexity index is 820. The van der Waals surface area contributed by atoms with Gasteiger partial charge in [0.1, 0.15) is 0 Å². The molecule has 146 valence electrons. The summed E-state index contributed by atoms with van der Waals surface area (Å²) in [6, 6.07) is 7.91. The number of hydrogen-bond donors (Lipinski definition) is 0. The van der Waals surface area contributed by atoms with E-state index in [4.69, 9.17) is 12.2 Å². The zero-order chi connectivity index (χ0) is 19.4. The summed E-state index contributed by atoms with van der Waals surface area (Å²) >= 11 is 8.90. The Balaban J connectivity index is 1.53. The minimum atomic E-state index is 0.109. The number of hydrogen-bond acceptors (Lipinski definition) is 7. The maximum absolute atomic E-state index is 11.4. The van der Waals surface area contributed by atoms with Gasteiger partial charge in [-0.2, -0.15) is 5.10 Å². The van der Waals surface area contributed by atoms with Gasteiger partial charge in [-0.3, -0.25) is 9.69 Å². The maximum Gasteiger partial charge on any atom is 0.181 e. The maximum atomic E-state index is 11.4. The first-order chi connectivity index (χ1) is 12.9. The number of carbonyl (C=O) groups is 1. The molecule has 1 aliphatic heterocycles. The second-order valence-corrected chi connectivity index (χ2v) is 10.1. The van der Waals surface area contributed by atoms with Crippen molar-refractivity contribution in [1.29, 1.82) is 0 Å². The second kappa shape index (κ2) is 9.32. The minimum Gasteiger partial charge on any atom is -0.369 e. The van der Waals surface area contributed by atoms with Gasteiger partial charge < -0.3 is 4.90 Å². The molecule has 0 N–H and O–H groups in total. The lowest BCUT2D eigenvalue weighted by molar-refractivity contribution is 0.101. The first-order valence-electron chi connectivity index (χ1n) is 9.21. The molecule has 0 saturated carbocycles. The Morgan fingerprint density at radius 2 is 1.89 bits per heavy atom. The third kappa shape index (κ3) is 5.63. The standard InChI is InChI=1S/C19H26N4OS3/c1-14(2)12-26-18-20-23(19(25)27-18)13-21-8-10-22(11-9-21)17-6-4-16(5-7-17)15(3)24/h4-7,14H,8-13H2,1-3H3. The molecule has 1 saturated heterocycles. The Hall–Kier alpha value is -1.22. The summed E-state index contributed by atoms with van der Waals surface area (Å²) in [6.45, 7) is 10.7. The van der Waals surface area contributed by atoms with Crippen molar-refractivity contribution in [3.05, 3.63) is 33.8 Å². The van der Waals surface area contributed by atoms with Crippen molar-refractivity contribution in [2.75, 3.05) is 36.8 Å². The summed E-state index contributed by atoms with van der Waals surface area (Å²) in [5.74, 6) is 1.83. The van der Waals surface area contributed by atoms with Crippen LogP contribution in [-0.4, -0.2) is 52.4 Å². The fourth-order valence-electron chi connectivity index (χ4n) is 2.92. The van der Waals surface area contributed by atoms with Crippen LogP contribution in [0.1, 0.15) is 31.1 Å². The SMILES string of the molecule is CC(=O)c1ccc(N2CCN(Cn3nc(SCC(C)C)sc3=S)CC2)cc1. The van der Waals surface area contributed by atoms with Crippen LogP contribution in [0.3, 0.4) is 0 Å². The fourth-order valence-corrected chi connectivity index (χ4v) is 5.21. The topological polar surface area (TPSA) is 41.4 Å². The Morgan fingerprint density at radius 1 is 1.22 bits per heavy atom. The molecule has 3 rings (SSSR count). The van der Waals surface area contributed by atoms with Crippen LogP contribution in [0.2, 0.25) is 0 Å². The van der Waals surface area contributed by atoms with E-state index in [-0.39, 0.29) is 5.78 Å². The molecule has 0 amide bonds. The molecule has 2 heterocycles. The Labute approximate surface area is 174 Å². The lowest BCUT2D eigenvalue weighted by Crippen LogP contribution is -2.46. The van der Waals surface area contributed by atoms with E-state index in [9.17, 15) is 4.79 Å². The van der Waals surface area contributed by atoms with Crippen LogP contribution in [0.5, 0.6) is 0 Å². The molecule has 1 aromatic heterocycles. The van der Waals surface area contributed by atoms with Crippen LogP contribution in [-0.2, 0) is 6.67 Å². The van der Waals surface area contributed by atoms with Crippen molar-refractivity contribution in [2.24, 2.45) is 5.92 Å². The largest absolute Gasteiger partial charge is 0.369 e. The predicted octanol–water partition coefficient (Wildman–Crippen LogP) is 4.40. The molecule has 0 bridgehead atoms. The quantitative estimate of drug-likeness (QED) is 0.374. The smallest absolute Gasteiger partial charge is 0.181 e. The molecule has 27 heavy (non-hydrogen) atoms. The van der Waals surface area contributed by atoms with Gasteiger partial charge in [0.25, 0.3) is 0 Å². The lowest BCUT2D eigenvalue weighted by atomic mass is 10.1. The van der Waals surface area contributed by atoms with Gasteiger partial charge in [-0.15, -0.1) is 0 Å². The molecular weight excluding hydrogens is 396 g/mol. The average molecular weight is 423 g/mol. The van der Waals surface area contributed by atoms with Gasteiger partial charge in [0.15, 0.2) is 14.1 Å². The van der Waals surface area contributed by atoms with Crippen LogP contribution in [0.25, 0.3) is 0 Å². The second-order valence-electron chi connectivity index (χ2n) is 7.19. The highest BCUT2D eigenvalue weighted by Crippen LogP contribution is 2.24. The van der Waals surface area contributed by atoms with Crippen molar-refractivity contribution in [3.63, 3.8) is 0 Å². The molecule has 1 fully saturated rings. The predicted molar refractivity (Wildman–Crippen MR) is 117 cm³/mol. The molecule has 0 spiro atoms. The van der Waals surface area contributed by atoms with Gasteiger partial charge in [-0.1, -0.05) is 36.9 Å². The molecule has 5 nitrogen and oxygen atoms in total. The van der Waals surface area contributed by atoms with Crippen LogP contribution >= 0.6 is 35.3 Å². The molecule has 1 aromatic carbocycles. The summed E-state index contributed by atoms with van der Waals surface area (Å²) in [5, 5.41) is 4.69. The van der Waals surface area contributed by atoms with E-state index in [2.05, 4.69) is 28.7 Å². The number of rotatable bonds is 7. The number of thioether (sulfide) groups is 1. The van der Waals surface area contributed by atoms with Crippen LogP contribution in [0.4, 0.5) is 5.69 Å². The Morgan fingerprint density at radius 3 is 2.48 bits per heavy atom. The molecule has 0 radical (unpaired) electrons. The first kappa shape index (κ1) is 20.5. The van der Waals surface area contributed by atoms with E-state index in [1.165, 1.54) is 5.69 Å². The molecule has 0 aliphatic carbocycles. The molecule has 8 heteroatoms. The normalized spacial score (nSPS) is 15.5. The summed E-state index contributed by atoms with van der Waals surface area (Å²) in [6.07, 6.45) is 0. The molecule has 2 aromatic rings. The first-order valence-corrected chi connectivity index (χ1v) is 11.4. The van der Waals surface area contributed by atoms with E-state index in [1.807, 2.05) is 28.9 Å². The molecular formula is C19H26N4OS3. The van der Waals surface area contributed by atoms with Crippen molar-refractivity contribution in [3.8, 4) is 0 Å². The van der Waals surface area contributed by atoms with E-state index < -0.39 is 0 Å². The fraction of sp³-hybridized carbons (Fsp3) is 0.526. The lowest BCUT2D eigenvalue weighted by Gasteiger charge is -2.35. The highest BCUT2D eigenvalue weighted by molar-refractivity contribution is 8.01. The number of carbonyl (C=O) groups excluding carboxylic acids is 1. The Kier molecular flexibility index (Phi) is 7.08. The van der Waals surface area contributed by atoms with Gasteiger partial charge in [0, 0.05) is 43.2 Å².